The molecule has 148 valence electrons. The lowest BCUT2D eigenvalue weighted by Crippen LogP contribution is -2.23. The molecule has 4 rings (SSSR count). The number of nitrogens with two attached hydrogens (primary N) is 1. The van der Waals surface area contributed by atoms with Crippen molar-refractivity contribution >= 4 is 11.5 Å². The maximum atomic E-state index is 13.1. The number of nitrogens with one attached hydrogen (secondary N) is 1. The van der Waals surface area contributed by atoms with E-state index in [-0.39, 0.29) is 5.78 Å². The molecule has 28 heavy (non-hydrogen) atoms. The quantitative estimate of drug-likeness (QED) is 0.610. The van der Waals surface area contributed by atoms with Gasteiger partial charge in [0.05, 0.1) is 31.6 Å². The molecule has 1 unspecified atom stereocenters. The summed E-state index contributed by atoms with van der Waals surface area (Å²) in [4.78, 5) is 13.1. The van der Waals surface area contributed by atoms with Crippen LogP contribution in [-0.2, 0) is 0 Å². The van der Waals surface area contributed by atoms with Crippen LogP contribution in [0.25, 0.3) is 11.1 Å². The third-order valence-electron chi connectivity index (χ3n) is 5.45. The number of methoxy groups -OCH3 is 1. The van der Waals surface area contributed by atoms with Crippen LogP contribution < -0.4 is 25.3 Å². The van der Waals surface area contributed by atoms with Crippen LogP contribution in [0.1, 0.15) is 42.1 Å². The van der Waals surface area contributed by atoms with Gasteiger partial charge in [-0.15, -0.1) is 0 Å². The number of nitrogen functional groups attached to an aromatic ring is 1. The topological polar surface area (TPSA) is 82.8 Å². The van der Waals surface area contributed by atoms with Gasteiger partial charge in [0.1, 0.15) is 17.2 Å². The van der Waals surface area contributed by atoms with Crippen LogP contribution in [-0.4, -0.2) is 38.7 Å². The predicted molar refractivity (Wildman–Crippen MR) is 109 cm³/mol. The van der Waals surface area contributed by atoms with Gasteiger partial charge in [-0.2, -0.15) is 0 Å². The number of hydrogen-bond donors (Lipinski definition) is 2. The summed E-state index contributed by atoms with van der Waals surface area (Å²) in [5.74, 6) is 1.60. The van der Waals surface area contributed by atoms with Gasteiger partial charge >= 0.3 is 0 Å². The standard InChI is InChI=1S/C22H26N2O4/c1-3-27-16-12-17(26-2)21(23)20-19(16)18-14(22(20)25)7-4-8-15(18)28-11-9-13-6-5-10-24-13/h4,7-8,12-13,24H,3,5-6,9-11,23H2,1-2H3. The summed E-state index contributed by atoms with van der Waals surface area (Å²) in [6.45, 7) is 4.04. The number of rotatable bonds is 7. The number of benzene rings is 2. The minimum Gasteiger partial charge on any atom is -0.494 e. The number of anilines is 1. The zero-order valence-corrected chi connectivity index (χ0v) is 16.3. The summed E-state index contributed by atoms with van der Waals surface area (Å²) >= 11 is 0. The molecule has 0 spiro atoms. The Kier molecular flexibility index (Phi) is 5.13. The third kappa shape index (κ3) is 3.07. The number of ether oxygens (including phenoxy) is 3. The van der Waals surface area contributed by atoms with E-state index in [1.54, 1.807) is 6.07 Å². The molecule has 1 aliphatic carbocycles. The summed E-state index contributed by atoms with van der Waals surface area (Å²) in [6.07, 6.45) is 3.34. The molecule has 1 atom stereocenters. The lowest BCUT2D eigenvalue weighted by atomic mass is 10.0. The normalized spacial score (nSPS) is 17.4. The van der Waals surface area contributed by atoms with Crippen molar-refractivity contribution in [1.29, 1.82) is 0 Å². The first-order valence-electron chi connectivity index (χ1n) is 9.83. The maximum absolute atomic E-state index is 13.1. The van der Waals surface area contributed by atoms with Crippen LogP contribution in [0.5, 0.6) is 17.2 Å². The van der Waals surface area contributed by atoms with Crippen LogP contribution in [0.3, 0.4) is 0 Å². The number of carbonyl (C=O) groups excluding carboxylic acids is 1. The van der Waals surface area contributed by atoms with Crippen LogP contribution in [0, 0.1) is 0 Å². The van der Waals surface area contributed by atoms with Crippen molar-refractivity contribution in [2.24, 2.45) is 0 Å². The lowest BCUT2D eigenvalue weighted by molar-refractivity contribution is 0.104. The molecular weight excluding hydrogens is 356 g/mol. The van der Waals surface area contributed by atoms with E-state index < -0.39 is 0 Å². The van der Waals surface area contributed by atoms with E-state index in [2.05, 4.69) is 5.32 Å². The number of carbonyl (C=O) groups is 1. The monoisotopic (exact) mass is 382 g/mol. The molecule has 0 bridgehead atoms. The first kappa shape index (κ1) is 18.6. The van der Waals surface area contributed by atoms with Crippen molar-refractivity contribution < 1.29 is 19.0 Å². The predicted octanol–water partition coefficient (Wildman–Crippen LogP) is 3.41. The van der Waals surface area contributed by atoms with Gasteiger partial charge in [0.15, 0.2) is 5.78 Å². The average Bonchev–Trinajstić information content (AvgIpc) is 3.32. The molecule has 1 aliphatic heterocycles. The molecule has 2 aromatic rings. The van der Waals surface area contributed by atoms with Crippen LogP contribution in [0.2, 0.25) is 0 Å². The van der Waals surface area contributed by atoms with E-state index in [0.717, 1.165) is 18.5 Å². The summed E-state index contributed by atoms with van der Waals surface area (Å²) in [5, 5.41) is 3.48. The van der Waals surface area contributed by atoms with Gasteiger partial charge in [-0.1, -0.05) is 12.1 Å². The second-order valence-electron chi connectivity index (χ2n) is 7.11. The minimum absolute atomic E-state index is 0.120. The second kappa shape index (κ2) is 7.72. The van der Waals surface area contributed by atoms with Gasteiger partial charge in [0.2, 0.25) is 0 Å². The summed E-state index contributed by atoms with van der Waals surface area (Å²) in [5.41, 5.74) is 9.09. The van der Waals surface area contributed by atoms with Gasteiger partial charge in [-0.3, -0.25) is 4.79 Å². The second-order valence-corrected chi connectivity index (χ2v) is 7.11. The molecule has 0 saturated carbocycles. The Morgan fingerprint density at radius 2 is 2.00 bits per heavy atom. The molecule has 3 N–H and O–H groups in total. The first-order chi connectivity index (χ1) is 13.7. The van der Waals surface area contributed by atoms with E-state index in [1.165, 1.54) is 20.0 Å². The molecule has 0 aromatic heterocycles. The largest absolute Gasteiger partial charge is 0.494 e. The van der Waals surface area contributed by atoms with Crippen molar-refractivity contribution in [2.45, 2.75) is 32.2 Å². The van der Waals surface area contributed by atoms with Crippen LogP contribution >= 0.6 is 0 Å². The van der Waals surface area contributed by atoms with Gasteiger partial charge in [0.25, 0.3) is 0 Å². The van der Waals surface area contributed by atoms with Crippen LogP contribution in [0.4, 0.5) is 5.69 Å². The molecular formula is C22H26N2O4. The van der Waals surface area contributed by atoms with Crippen molar-refractivity contribution in [3.63, 3.8) is 0 Å². The zero-order chi connectivity index (χ0) is 19.7. The molecule has 1 fully saturated rings. The molecule has 1 saturated heterocycles. The average molecular weight is 382 g/mol. The van der Waals surface area contributed by atoms with E-state index in [0.29, 0.717) is 58.9 Å². The molecule has 0 amide bonds. The molecule has 6 heteroatoms. The molecule has 1 heterocycles. The van der Waals surface area contributed by atoms with Crippen molar-refractivity contribution in [3.8, 4) is 28.4 Å². The Labute approximate surface area is 165 Å². The zero-order valence-electron chi connectivity index (χ0n) is 16.3. The fourth-order valence-corrected chi connectivity index (χ4v) is 4.12. The maximum Gasteiger partial charge on any atom is 0.196 e. The van der Waals surface area contributed by atoms with Gasteiger partial charge < -0.3 is 25.3 Å². The van der Waals surface area contributed by atoms with E-state index in [9.17, 15) is 4.79 Å². The smallest absolute Gasteiger partial charge is 0.196 e. The van der Waals surface area contributed by atoms with E-state index in [1.807, 2.05) is 25.1 Å². The summed E-state index contributed by atoms with van der Waals surface area (Å²) in [6, 6.07) is 7.81. The SMILES string of the molecule is CCOc1cc(OC)c(N)c2c1-c1c(OCCC3CCCN3)cccc1C2=O. The fraction of sp³-hybridized carbons (Fsp3) is 0.409. The Balaban J connectivity index is 1.74. The molecule has 2 aliphatic rings. The Morgan fingerprint density at radius 3 is 2.71 bits per heavy atom. The van der Waals surface area contributed by atoms with Crippen molar-refractivity contribution in [2.75, 3.05) is 32.6 Å². The third-order valence-corrected chi connectivity index (χ3v) is 5.45. The molecule has 0 radical (unpaired) electrons. The number of hydrogen-bond acceptors (Lipinski definition) is 6. The number of ketones is 1. The highest BCUT2D eigenvalue weighted by Crippen LogP contribution is 2.51. The Hall–Kier alpha value is -2.73. The Bertz CT molecular complexity index is 904. The van der Waals surface area contributed by atoms with E-state index >= 15 is 0 Å². The fourth-order valence-electron chi connectivity index (χ4n) is 4.12. The van der Waals surface area contributed by atoms with Gasteiger partial charge in [-0.05, 0) is 38.8 Å². The minimum atomic E-state index is -0.120. The highest BCUT2D eigenvalue weighted by Gasteiger charge is 2.36. The molecule has 2 aromatic carbocycles. The molecule has 6 nitrogen and oxygen atoms in total. The lowest BCUT2D eigenvalue weighted by Gasteiger charge is -2.17. The number of fused-ring (bicyclic) bond motifs is 3. The van der Waals surface area contributed by atoms with Crippen LogP contribution in [0.15, 0.2) is 24.3 Å². The highest BCUT2D eigenvalue weighted by atomic mass is 16.5. The first-order valence-corrected chi connectivity index (χ1v) is 9.83. The summed E-state index contributed by atoms with van der Waals surface area (Å²) < 4.78 is 17.3. The highest BCUT2D eigenvalue weighted by molar-refractivity contribution is 6.26. The van der Waals surface area contributed by atoms with E-state index in [4.69, 9.17) is 19.9 Å². The van der Waals surface area contributed by atoms with Gasteiger partial charge in [-0.25, -0.2) is 0 Å². The van der Waals surface area contributed by atoms with Crippen molar-refractivity contribution in [3.05, 3.63) is 35.4 Å². The summed E-state index contributed by atoms with van der Waals surface area (Å²) in [7, 11) is 1.53. The van der Waals surface area contributed by atoms with Gasteiger partial charge in [0, 0.05) is 28.8 Å². The van der Waals surface area contributed by atoms with Crippen molar-refractivity contribution in [1.82, 2.24) is 5.32 Å². The Morgan fingerprint density at radius 1 is 1.14 bits per heavy atom.